The highest BCUT2D eigenvalue weighted by atomic mass is 28.2. The molecule has 0 aromatic rings. The fourth-order valence-corrected chi connectivity index (χ4v) is 1.93. The van der Waals surface area contributed by atoms with Crippen LogP contribution in [0.5, 0.6) is 0 Å². The van der Waals surface area contributed by atoms with Crippen LogP contribution in [-0.4, -0.2) is 41.8 Å². The lowest BCUT2D eigenvalue weighted by Gasteiger charge is -2.08. The van der Waals surface area contributed by atoms with Crippen molar-refractivity contribution in [1.82, 2.24) is 9.88 Å². The summed E-state index contributed by atoms with van der Waals surface area (Å²) in [6.07, 6.45) is 1.37. The van der Waals surface area contributed by atoms with Gasteiger partial charge in [0.1, 0.15) is 0 Å². The molecule has 0 aliphatic rings. The molecule has 0 fully saturated rings. The third-order valence-corrected chi connectivity index (χ3v) is 3.17. The molecule has 0 heterocycles. The summed E-state index contributed by atoms with van der Waals surface area (Å²) in [5, 5.41) is 0. The van der Waals surface area contributed by atoms with Crippen molar-refractivity contribution in [2.75, 3.05) is 27.2 Å². The number of hydrogen-bond donors (Lipinski definition) is 1. The Morgan fingerprint density at radius 2 is 2.10 bits per heavy atom. The van der Waals surface area contributed by atoms with Gasteiger partial charge in [-0.15, -0.1) is 0 Å². The van der Waals surface area contributed by atoms with Crippen LogP contribution in [0.2, 0.25) is 6.04 Å². The average Bonchev–Trinajstić information content (AvgIpc) is 1.87. The smallest absolute Gasteiger partial charge is 0.0916 e. The Labute approximate surface area is 66.9 Å². The maximum Gasteiger partial charge on any atom is 0.0916 e. The first-order valence-electron chi connectivity index (χ1n) is 4.12. The number of rotatable bonds is 6. The quantitative estimate of drug-likeness (QED) is 0.436. The molecule has 0 saturated heterocycles. The van der Waals surface area contributed by atoms with Crippen molar-refractivity contribution in [2.24, 2.45) is 0 Å². The minimum Gasteiger partial charge on any atom is -0.342 e. The SMILES string of the molecule is CCN[SiH2]CCCN(C)C. The minimum absolute atomic E-state index is 0.0917. The Morgan fingerprint density at radius 3 is 2.60 bits per heavy atom. The van der Waals surface area contributed by atoms with E-state index in [-0.39, 0.29) is 9.68 Å². The topological polar surface area (TPSA) is 15.3 Å². The molecule has 10 heavy (non-hydrogen) atoms. The molecule has 0 radical (unpaired) electrons. The third-order valence-electron chi connectivity index (χ3n) is 1.46. The lowest BCUT2D eigenvalue weighted by atomic mass is 10.5. The second kappa shape index (κ2) is 7.25. The van der Waals surface area contributed by atoms with Crippen LogP contribution < -0.4 is 4.98 Å². The highest BCUT2D eigenvalue weighted by molar-refractivity contribution is 6.31. The van der Waals surface area contributed by atoms with Crippen LogP contribution in [0, 0.1) is 0 Å². The minimum atomic E-state index is 0.0917. The van der Waals surface area contributed by atoms with Crippen molar-refractivity contribution < 1.29 is 0 Å². The van der Waals surface area contributed by atoms with Crippen molar-refractivity contribution in [3.05, 3.63) is 0 Å². The zero-order valence-corrected chi connectivity index (χ0v) is 8.90. The van der Waals surface area contributed by atoms with Crippen molar-refractivity contribution in [3.8, 4) is 0 Å². The van der Waals surface area contributed by atoms with Gasteiger partial charge in [-0.3, -0.25) is 0 Å². The summed E-state index contributed by atoms with van der Waals surface area (Å²) in [7, 11) is 4.36. The van der Waals surface area contributed by atoms with Crippen molar-refractivity contribution in [2.45, 2.75) is 19.4 Å². The average molecular weight is 160 g/mol. The van der Waals surface area contributed by atoms with E-state index in [0.717, 1.165) is 6.54 Å². The summed E-state index contributed by atoms with van der Waals surface area (Å²) in [5.74, 6) is 0. The largest absolute Gasteiger partial charge is 0.342 e. The zero-order chi connectivity index (χ0) is 7.82. The molecule has 0 aliphatic heterocycles. The molecule has 0 unspecified atom stereocenters. The lowest BCUT2D eigenvalue weighted by molar-refractivity contribution is 0.408. The van der Waals surface area contributed by atoms with Crippen LogP contribution >= 0.6 is 0 Å². The first kappa shape index (κ1) is 10.1. The predicted molar refractivity (Wildman–Crippen MR) is 50.2 cm³/mol. The molecule has 3 heteroatoms. The monoisotopic (exact) mass is 160 g/mol. The standard InChI is InChI=1S/C7H20N2Si/c1-4-8-10-7-5-6-9(2)3/h8H,4-7,10H2,1-3H3. The van der Waals surface area contributed by atoms with Gasteiger partial charge in [-0.05, 0) is 39.6 Å². The Morgan fingerprint density at radius 1 is 1.40 bits per heavy atom. The molecule has 0 spiro atoms. The Hall–Kier alpha value is 0.137. The van der Waals surface area contributed by atoms with Gasteiger partial charge in [0.25, 0.3) is 0 Å². The fourth-order valence-electron chi connectivity index (χ4n) is 0.855. The number of hydrogen-bond acceptors (Lipinski definition) is 2. The molecule has 0 rings (SSSR count). The fraction of sp³-hybridized carbons (Fsp3) is 1.00. The van der Waals surface area contributed by atoms with E-state index in [4.69, 9.17) is 0 Å². The molecule has 0 atom stereocenters. The van der Waals surface area contributed by atoms with E-state index in [1.807, 2.05) is 0 Å². The molecule has 1 N–H and O–H groups in total. The molecule has 2 nitrogen and oxygen atoms in total. The molecule has 0 aromatic carbocycles. The third kappa shape index (κ3) is 8.14. The van der Waals surface area contributed by atoms with E-state index in [2.05, 4.69) is 30.9 Å². The van der Waals surface area contributed by atoms with E-state index in [9.17, 15) is 0 Å². The van der Waals surface area contributed by atoms with Crippen LogP contribution in [-0.2, 0) is 0 Å². The van der Waals surface area contributed by atoms with Crippen LogP contribution in [0.25, 0.3) is 0 Å². The van der Waals surface area contributed by atoms with Crippen LogP contribution in [0.15, 0.2) is 0 Å². The maximum absolute atomic E-state index is 3.44. The zero-order valence-electron chi connectivity index (χ0n) is 7.48. The first-order valence-corrected chi connectivity index (χ1v) is 5.83. The maximum atomic E-state index is 3.44. The Balaban J connectivity index is 2.77. The van der Waals surface area contributed by atoms with Crippen LogP contribution in [0.4, 0.5) is 0 Å². The molecule has 0 saturated carbocycles. The van der Waals surface area contributed by atoms with E-state index in [1.54, 1.807) is 0 Å². The molecular weight excluding hydrogens is 140 g/mol. The van der Waals surface area contributed by atoms with Gasteiger partial charge in [0, 0.05) is 0 Å². The van der Waals surface area contributed by atoms with Crippen molar-refractivity contribution in [3.63, 3.8) is 0 Å². The van der Waals surface area contributed by atoms with E-state index < -0.39 is 0 Å². The lowest BCUT2D eigenvalue weighted by Crippen LogP contribution is -2.20. The van der Waals surface area contributed by atoms with Gasteiger partial charge < -0.3 is 9.88 Å². The second-order valence-electron chi connectivity index (χ2n) is 2.86. The van der Waals surface area contributed by atoms with Crippen LogP contribution in [0.1, 0.15) is 13.3 Å². The number of nitrogens with one attached hydrogen (secondary N) is 1. The van der Waals surface area contributed by atoms with E-state index >= 15 is 0 Å². The van der Waals surface area contributed by atoms with E-state index in [0.29, 0.717) is 0 Å². The predicted octanol–water partition coefficient (Wildman–Crippen LogP) is 0.0497. The summed E-state index contributed by atoms with van der Waals surface area (Å²) in [5.41, 5.74) is 0. The van der Waals surface area contributed by atoms with Gasteiger partial charge in [-0.1, -0.05) is 6.92 Å². The normalized spacial score (nSPS) is 12.0. The molecule has 0 aliphatic carbocycles. The second-order valence-corrected chi connectivity index (χ2v) is 4.57. The molecule has 0 aromatic heterocycles. The highest BCUT2D eigenvalue weighted by Gasteiger charge is 1.89. The van der Waals surface area contributed by atoms with Crippen molar-refractivity contribution in [1.29, 1.82) is 0 Å². The van der Waals surface area contributed by atoms with Crippen LogP contribution in [0.3, 0.4) is 0 Å². The number of nitrogens with zero attached hydrogens (tertiary/aromatic N) is 1. The van der Waals surface area contributed by atoms with Gasteiger partial charge in [0.05, 0.1) is 9.68 Å². The summed E-state index contributed by atoms with van der Waals surface area (Å²) in [4.78, 5) is 5.69. The summed E-state index contributed by atoms with van der Waals surface area (Å²) < 4.78 is 0. The summed E-state index contributed by atoms with van der Waals surface area (Å²) in [6, 6.07) is 1.44. The first-order chi connectivity index (χ1) is 4.77. The molecular formula is C7H20N2Si. The van der Waals surface area contributed by atoms with Gasteiger partial charge in [0.15, 0.2) is 0 Å². The van der Waals surface area contributed by atoms with E-state index in [1.165, 1.54) is 19.0 Å². The van der Waals surface area contributed by atoms with Gasteiger partial charge in [-0.2, -0.15) is 0 Å². The van der Waals surface area contributed by atoms with Gasteiger partial charge >= 0.3 is 0 Å². The van der Waals surface area contributed by atoms with Crippen molar-refractivity contribution >= 4 is 9.68 Å². The Kier molecular flexibility index (Phi) is 7.35. The molecule has 0 bridgehead atoms. The molecule has 0 amide bonds. The van der Waals surface area contributed by atoms with Gasteiger partial charge in [-0.25, -0.2) is 0 Å². The highest BCUT2D eigenvalue weighted by Crippen LogP contribution is 1.87. The Bertz CT molecular complexity index is 66.6. The molecule has 62 valence electrons. The summed E-state index contributed by atoms with van der Waals surface area (Å²) in [6.45, 7) is 4.59. The summed E-state index contributed by atoms with van der Waals surface area (Å²) >= 11 is 0. The van der Waals surface area contributed by atoms with Gasteiger partial charge in [0.2, 0.25) is 0 Å².